The standard InChI is InChI=1S/C15H18N2O2S/c1-10-7-8-14(12(3)9-10)20(18,19)17-15-11(2)5-4-6-13(15)16/h4-9,17H,16H2,1-3H3. The highest BCUT2D eigenvalue weighted by atomic mass is 32.2. The fourth-order valence-corrected chi connectivity index (χ4v) is 3.51. The van der Waals surface area contributed by atoms with E-state index in [1.54, 1.807) is 31.2 Å². The molecular weight excluding hydrogens is 272 g/mol. The highest BCUT2D eigenvalue weighted by molar-refractivity contribution is 7.92. The van der Waals surface area contributed by atoms with Gasteiger partial charge in [0.25, 0.3) is 10.0 Å². The fourth-order valence-electron chi connectivity index (χ4n) is 2.12. The molecule has 4 nitrogen and oxygen atoms in total. The molecule has 2 aromatic rings. The average molecular weight is 290 g/mol. The maximum Gasteiger partial charge on any atom is 0.262 e. The van der Waals surface area contributed by atoms with E-state index in [9.17, 15) is 8.42 Å². The Bertz CT molecular complexity index is 732. The number of aryl methyl sites for hydroxylation is 3. The van der Waals surface area contributed by atoms with E-state index >= 15 is 0 Å². The van der Waals surface area contributed by atoms with Crippen molar-refractivity contribution in [1.29, 1.82) is 0 Å². The van der Waals surface area contributed by atoms with Gasteiger partial charge in [0.2, 0.25) is 0 Å². The Morgan fingerprint density at radius 1 is 1.00 bits per heavy atom. The quantitative estimate of drug-likeness (QED) is 0.854. The van der Waals surface area contributed by atoms with Gasteiger partial charge in [-0.05, 0) is 44.0 Å². The van der Waals surface area contributed by atoms with E-state index in [1.165, 1.54) is 0 Å². The molecule has 0 amide bonds. The lowest BCUT2D eigenvalue weighted by molar-refractivity contribution is 0.600. The Morgan fingerprint density at radius 3 is 2.30 bits per heavy atom. The maximum absolute atomic E-state index is 12.5. The molecule has 0 aliphatic heterocycles. The fraction of sp³-hybridized carbons (Fsp3) is 0.200. The van der Waals surface area contributed by atoms with Gasteiger partial charge in [0.15, 0.2) is 0 Å². The van der Waals surface area contributed by atoms with Gasteiger partial charge in [-0.2, -0.15) is 0 Å². The molecule has 0 radical (unpaired) electrons. The highest BCUT2D eigenvalue weighted by Crippen LogP contribution is 2.27. The molecular formula is C15H18N2O2S. The van der Waals surface area contributed by atoms with Crippen molar-refractivity contribution < 1.29 is 8.42 Å². The molecule has 0 spiro atoms. The molecule has 106 valence electrons. The number of para-hydroxylation sites is 1. The summed E-state index contributed by atoms with van der Waals surface area (Å²) in [5, 5.41) is 0. The summed E-state index contributed by atoms with van der Waals surface area (Å²) in [6.07, 6.45) is 0. The SMILES string of the molecule is Cc1ccc(S(=O)(=O)Nc2c(C)cccc2N)c(C)c1. The third-order valence-electron chi connectivity index (χ3n) is 3.16. The molecule has 0 bridgehead atoms. The number of rotatable bonds is 3. The van der Waals surface area contributed by atoms with Crippen molar-refractivity contribution in [3.05, 3.63) is 53.1 Å². The third kappa shape index (κ3) is 2.77. The Kier molecular flexibility index (Phi) is 3.72. The molecule has 5 heteroatoms. The van der Waals surface area contributed by atoms with Crippen LogP contribution < -0.4 is 10.5 Å². The predicted molar refractivity (Wildman–Crippen MR) is 82.3 cm³/mol. The molecule has 2 aromatic carbocycles. The number of nitrogens with two attached hydrogens (primary N) is 1. The lowest BCUT2D eigenvalue weighted by Gasteiger charge is -2.14. The van der Waals surface area contributed by atoms with E-state index in [-0.39, 0.29) is 4.90 Å². The number of nitrogens with one attached hydrogen (secondary N) is 1. The van der Waals surface area contributed by atoms with Crippen LogP contribution in [0.3, 0.4) is 0 Å². The van der Waals surface area contributed by atoms with Crippen molar-refractivity contribution in [3.63, 3.8) is 0 Å². The zero-order valence-corrected chi connectivity index (χ0v) is 12.6. The molecule has 0 fully saturated rings. The van der Waals surface area contributed by atoms with Crippen LogP contribution in [0.2, 0.25) is 0 Å². The first-order valence-corrected chi connectivity index (χ1v) is 7.75. The highest BCUT2D eigenvalue weighted by Gasteiger charge is 2.18. The lowest BCUT2D eigenvalue weighted by Crippen LogP contribution is -2.16. The molecule has 0 atom stereocenters. The topological polar surface area (TPSA) is 72.2 Å². The second-order valence-electron chi connectivity index (χ2n) is 4.91. The zero-order chi connectivity index (χ0) is 14.9. The number of benzene rings is 2. The smallest absolute Gasteiger partial charge is 0.262 e. The molecule has 0 saturated heterocycles. The number of nitrogen functional groups attached to an aromatic ring is 1. The molecule has 0 heterocycles. The monoisotopic (exact) mass is 290 g/mol. The van der Waals surface area contributed by atoms with Crippen LogP contribution in [0.1, 0.15) is 16.7 Å². The molecule has 0 unspecified atom stereocenters. The summed E-state index contributed by atoms with van der Waals surface area (Å²) in [6.45, 7) is 5.52. The normalized spacial score (nSPS) is 11.3. The van der Waals surface area contributed by atoms with Crippen LogP contribution in [-0.2, 0) is 10.0 Å². The molecule has 20 heavy (non-hydrogen) atoms. The first-order chi connectivity index (χ1) is 9.31. The van der Waals surface area contributed by atoms with E-state index < -0.39 is 10.0 Å². The third-order valence-corrected chi connectivity index (χ3v) is 4.67. The van der Waals surface area contributed by atoms with Gasteiger partial charge in [-0.1, -0.05) is 29.8 Å². The first kappa shape index (κ1) is 14.4. The predicted octanol–water partition coefficient (Wildman–Crippen LogP) is 2.99. The molecule has 2 rings (SSSR count). The van der Waals surface area contributed by atoms with E-state index in [0.717, 1.165) is 11.1 Å². The number of hydrogen-bond acceptors (Lipinski definition) is 3. The van der Waals surface area contributed by atoms with Crippen molar-refractivity contribution in [2.24, 2.45) is 0 Å². The molecule has 0 aromatic heterocycles. The largest absolute Gasteiger partial charge is 0.397 e. The van der Waals surface area contributed by atoms with Gasteiger partial charge in [0, 0.05) is 0 Å². The first-order valence-electron chi connectivity index (χ1n) is 6.26. The van der Waals surface area contributed by atoms with Crippen LogP contribution >= 0.6 is 0 Å². The van der Waals surface area contributed by atoms with Crippen molar-refractivity contribution in [3.8, 4) is 0 Å². The van der Waals surface area contributed by atoms with Crippen LogP contribution in [0.5, 0.6) is 0 Å². The molecule has 0 saturated carbocycles. The summed E-state index contributed by atoms with van der Waals surface area (Å²) in [6, 6.07) is 10.5. The van der Waals surface area contributed by atoms with E-state index in [0.29, 0.717) is 16.9 Å². The van der Waals surface area contributed by atoms with E-state index in [4.69, 9.17) is 5.73 Å². The summed E-state index contributed by atoms with van der Waals surface area (Å²) in [7, 11) is -3.64. The Balaban J connectivity index is 2.46. The van der Waals surface area contributed by atoms with E-state index in [2.05, 4.69) is 4.72 Å². The van der Waals surface area contributed by atoms with Crippen LogP contribution in [0.15, 0.2) is 41.3 Å². The van der Waals surface area contributed by atoms with E-state index in [1.807, 2.05) is 26.0 Å². The van der Waals surface area contributed by atoms with Crippen molar-refractivity contribution in [1.82, 2.24) is 0 Å². The van der Waals surface area contributed by atoms with Gasteiger partial charge in [0.1, 0.15) is 0 Å². The van der Waals surface area contributed by atoms with Crippen LogP contribution in [0, 0.1) is 20.8 Å². The van der Waals surface area contributed by atoms with Gasteiger partial charge < -0.3 is 5.73 Å². The van der Waals surface area contributed by atoms with Gasteiger partial charge in [-0.25, -0.2) is 8.42 Å². The summed E-state index contributed by atoms with van der Waals surface area (Å²) in [5.74, 6) is 0. The Hall–Kier alpha value is -2.01. The van der Waals surface area contributed by atoms with Crippen molar-refractivity contribution in [2.75, 3.05) is 10.5 Å². The summed E-state index contributed by atoms with van der Waals surface area (Å²) >= 11 is 0. The molecule has 3 N–H and O–H groups in total. The second-order valence-corrected chi connectivity index (χ2v) is 6.56. The summed E-state index contributed by atoms with van der Waals surface area (Å²) in [4.78, 5) is 0.269. The summed E-state index contributed by atoms with van der Waals surface area (Å²) < 4.78 is 27.5. The van der Waals surface area contributed by atoms with Gasteiger partial charge in [0.05, 0.1) is 16.3 Å². The minimum atomic E-state index is -3.64. The average Bonchev–Trinajstić information content (AvgIpc) is 2.33. The van der Waals surface area contributed by atoms with Crippen LogP contribution in [0.4, 0.5) is 11.4 Å². The van der Waals surface area contributed by atoms with Gasteiger partial charge >= 0.3 is 0 Å². The van der Waals surface area contributed by atoms with Crippen molar-refractivity contribution in [2.45, 2.75) is 25.7 Å². The number of sulfonamides is 1. The Labute approximate surface area is 119 Å². The number of hydrogen-bond donors (Lipinski definition) is 2. The van der Waals surface area contributed by atoms with Gasteiger partial charge in [-0.15, -0.1) is 0 Å². The van der Waals surface area contributed by atoms with Crippen LogP contribution in [0.25, 0.3) is 0 Å². The van der Waals surface area contributed by atoms with Crippen LogP contribution in [-0.4, -0.2) is 8.42 Å². The second kappa shape index (κ2) is 5.17. The minimum Gasteiger partial charge on any atom is -0.397 e. The minimum absolute atomic E-state index is 0.269. The lowest BCUT2D eigenvalue weighted by atomic mass is 10.2. The van der Waals surface area contributed by atoms with Crippen molar-refractivity contribution >= 4 is 21.4 Å². The zero-order valence-electron chi connectivity index (χ0n) is 11.8. The molecule has 0 aliphatic carbocycles. The number of anilines is 2. The van der Waals surface area contributed by atoms with Gasteiger partial charge in [-0.3, -0.25) is 4.72 Å². The Morgan fingerprint density at radius 2 is 1.70 bits per heavy atom. The summed E-state index contributed by atoms with van der Waals surface area (Å²) in [5.41, 5.74) is 9.22. The molecule has 0 aliphatic rings. The maximum atomic E-state index is 12.5.